The van der Waals surface area contributed by atoms with Gasteiger partial charge in [-0.15, -0.1) is 11.8 Å². The van der Waals surface area contributed by atoms with Gasteiger partial charge in [-0.05, 0) is 19.9 Å². The van der Waals surface area contributed by atoms with E-state index < -0.39 is 0 Å². The average Bonchev–Trinajstić information content (AvgIpc) is 2.60. The third-order valence-corrected chi connectivity index (χ3v) is 3.77. The summed E-state index contributed by atoms with van der Waals surface area (Å²) in [6.45, 7) is 4.44. The monoisotopic (exact) mass is 251 g/mol. The van der Waals surface area contributed by atoms with Crippen LogP contribution in [0.5, 0.6) is 0 Å². The lowest BCUT2D eigenvalue weighted by atomic mass is 10.1. The van der Waals surface area contributed by atoms with Crippen molar-refractivity contribution in [3.63, 3.8) is 0 Å². The van der Waals surface area contributed by atoms with Gasteiger partial charge in [0.1, 0.15) is 5.37 Å². The van der Waals surface area contributed by atoms with Gasteiger partial charge in [-0.3, -0.25) is 9.78 Å². The Morgan fingerprint density at radius 1 is 1.65 bits per heavy atom. The zero-order valence-corrected chi connectivity index (χ0v) is 10.9. The van der Waals surface area contributed by atoms with Crippen LogP contribution in [-0.2, 0) is 4.79 Å². The van der Waals surface area contributed by atoms with Crippen LogP contribution in [0.3, 0.4) is 0 Å². The van der Waals surface area contributed by atoms with Crippen LogP contribution in [0.1, 0.15) is 24.8 Å². The van der Waals surface area contributed by atoms with Gasteiger partial charge in [0, 0.05) is 30.0 Å². The summed E-state index contributed by atoms with van der Waals surface area (Å²) in [5, 5.41) is 0.0547. The molecule has 1 fully saturated rings. The molecular weight excluding hydrogens is 234 g/mol. The van der Waals surface area contributed by atoms with E-state index >= 15 is 0 Å². The normalized spacial score (nSPS) is 21.0. The van der Waals surface area contributed by atoms with Gasteiger partial charge in [-0.25, -0.2) is 0 Å². The first-order valence-corrected chi connectivity index (χ1v) is 6.62. The van der Waals surface area contributed by atoms with Crippen molar-refractivity contribution in [2.24, 2.45) is 5.73 Å². The third-order valence-electron chi connectivity index (χ3n) is 2.52. The van der Waals surface area contributed by atoms with Crippen LogP contribution in [-0.4, -0.2) is 33.6 Å². The van der Waals surface area contributed by atoms with Gasteiger partial charge in [0.05, 0.1) is 5.75 Å². The molecule has 1 aliphatic rings. The molecule has 2 rings (SSSR count). The van der Waals surface area contributed by atoms with Crippen LogP contribution in [0.4, 0.5) is 0 Å². The zero-order chi connectivity index (χ0) is 12.5. The molecule has 0 bridgehead atoms. The Bertz CT molecular complexity index is 402. The fourth-order valence-corrected chi connectivity index (χ4v) is 3.03. The van der Waals surface area contributed by atoms with E-state index in [1.54, 1.807) is 18.0 Å². The number of carbonyl (C=O) groups excluding carboxylic acids is 1. The van der Waals surface area contributed by atoms with Crippen molar-refractivity contribution in [2.45, 2.75) is 24.8 Å². The number of nitrogens with zero attached hydrogens (tertiary/aromatic N) is 2. The molecule has 1 aliphatic heterocycles. The Labute approximate surface area is 106 Å². The highest BCUT2D eigenvalue weighted by Crippen LogP contribution is 2.38. The van der Waals surface area contributed by atoms with E-state index in [1.807, 2.05) is 37.1 Å². The summed E-state index contributed by atoms with van der Waals surface area (Å²) in [5.41, 5.74) is 6.69. The van der Waals surface area contributed by atoms with E-state index in [4.69, 9.17) is 5.73 Å². The summed E-state index contributed by atoms with van der Waals surface area (Å²) in [7, 11) is 0. The Morgan fingerprint density at radius 3 is 3.00 bits per heavy atom. The van der Waals surface area contributed by atoms with Crippen molar-refractivity contribution < 1.29 is 4.79 Å². The predicted molar refractivity (Wildman–Crippen MR) is 69.4 cm³/mol. The molecule has 1 atom stereocenters. The number of rotatable bonds is 3. The maximum absolute atomic E-state index is 11.9. The highest BCUT2D eigenvalue weighted by molar-refractivity contribution is 8.00. The number of pyridine rings is 1. The molecular formula is C12H17N3OS. The molecule has 1 aromatic heterocycles. The summed E-state index contributed by atoms with van der Waals surface area (Å²) >= 11 is 1.63. The highest BCUT2D eigenvalue weighted by atomic mass is 32.2. The molecule has 5 heteroatoms. The number of nitrogens with two attached hydrogens (primary N) is 1. The quantitative estimate of drug-likeness (QED) is 0.882. The summed E-state index contributed by atoms with van der Waals surface area (Å²) in [5.74, 6) is 0.678. The van der Waals surface area contributed by atoms with Crippen LogP contribution in [0, 0.1) is 0 Å². The topological polar surface area (TPSA) is 59.2 Å². The van der Waals surface area contributed by atoms with E-state index in [0.717, 1.165) is 5.56 Å². The van der Waals surface area contributed by atoms with Crippen molar-refractivity contribution in [2.75, 3.05) is 12.3 Å². The minimum absolute atomic E-state index is 0.0547. The molecule has 2 heterocycles. The molecule has 17 heavy (non-hydrogen) atoms. The van der Waals surface area contributed by atoms with Gasteiger partial charge in [0.25, 0.3) is 0 Å². The molecule has 92 valence electrons. The third kappa shape index (κ3) is 2.98. The fourth-order valence-electron chi connectivity index (χ4n) is 1.86. The van der Waals surface area contributed by atoms with Crippen molar-refractivity contribution in [1.29, 1.82) is 0 Å². The minimum atomic E-state index is -0.374. The first kappa shape index (κ1) is 12.4. The van der Waals surface area contributed by atoms with E-state index in [1.165, 1.54) is 0 Å². The molecule has 4 nitrogen and oxygen atoms in total. The number of hydrogen-bond acceptors (Lipinski definition) is 4. The Morgan fingerprint density at radius 2 is 2.41 bits per heavy atom. The summed E-state index contributed by atoms with van der Waals surface area (Å²) in [6.07, 6.45) is 3.55. The number of amides is 1. The lowest BCUT2D eigenvalue weighted by Crippen LogP contribution is -2.46. The maximum Gasteiger partial charge on any atom is 0.233 e. The molecule has 1 unspecified atom stereocenters. The standard InChI is InChI=1S/C12H17N3OS/c1-12(2,13)8-15-10(16)7-17-11(15)9-4-3-5-14-6-9/h3-6,11H,7-8,13H2,1-2H3. The molecule has 1 saturated heterocycles. The molecule has 2 N–H and O–H groups in total. The molecule has 0 saturated carbocycles. The highest BCUT2D eigenvalue weighted by Gasteiger charge is 2.35. The van der Waals surface area contributed by atoms with Crippen LogP contribution >= 0.6 is 11.8 Å². The van der Waals surface area contributed by atoms with Crippen LogP contribution in [0.15, 0.2) is 24.5 Å². The van der Waals surface area contributed by atoms with E-state index in [9.17, 15) is 4.79 Å². The van der Waals surface area contributed by atoms with Crippen LogP contribution in [0.25, 0.3) is 0 Å². The largest absolute Gasteiger partial charge is 0.324 e. The Hall–Kier alpha value is -1.07. The molecule has 0 aliphatic carbocycles. The summed E-state index contributed by atoms with van der Waals surface area (Å²) < 4.78 is 0. The Balaban J connectivity index is 2.20. The number of carbonyl (C=O) groups is 1. The SMILES string of the molecule is CC(C)(N)CN1C(=O)CSC1c1cccnc1. The second kappa shape index (κ2) is 4.66. The zero-order valence-electron chi connectivity index (χ0n) is 10.1. The lowest BCUT2D eigenvalue weighted by Gasteiger charge is -2.30. The van der Waals surface area contributed by atoms with Gasteiger partial charge in [0.15, 0.2) is 0 Å². The van der Waals surface area contributed by atoms with Gasteiger partial charge < -0.3 is 10.6 Å². The van der Waals surface area contributed by atoms with Crippen molar-refractivity contribution in [3.8, 4) is 0 Å². The van der Waals surface area contributed by atoms with Crippen LogP contribution < -0.4 is 5.73 Å². The maximum atomic E-state index is 11.9. The second-order valence-corrected chi connectivity index (χ2v) is 6.03. The fraction of sp³-hybridized carbons (Fsp3) is 0.500. The smallest absolute Gasteiger partial charge is 0.233 e. The predicted octanol–water partition coefficient (Wildman–Crippen LogP) is 1.39. The lowest BCUT2D eigenvalue weighted by molar-refractivity contribution is -0.128. The number of aromatic nitrogens is 1. The van der Waals surface area contributed by atoms with E-state index in [-0.39, 0.29) is 16.8 Å². The average molecular weight is 251 g/mol. The van der Waals surface area contributed by atoms with Crippen molar-refractivity contribution in [1.82, 2.24) is 9.88 Å². The van der Waals surface area contributed by atoms with E-state index in [0.29, 0.717) is 12.3 Å². The van der Waals surface area contributed by atoms with E-state index in [2.05, 4.69) is 4.98 Å². The second-order valence-electron chi connectivity index (χ2n) is 4.96. The van der Waals surface area contributed by atoms with Crippen LogP contribution in [0.2, 0.25) is 0 Å². The summed E-state index contributed by atoms with van der Waals surface area (Å²) in [4.78, 5) is 17.8. The Kier molecular flexibility index (Phi) is 3.40. The number of hydrogen-bond donors (Lipinski definition) is 1. The molecule has 1 amide bonds. The molecule has 1 aromatic rings. The number of thioether (sulfide) groups is 1. The van der Waals surface area contributed by atoms with Gasteiger partial charge in [0.2, 0.25) is 5.91 Å². The first-order valence-electron chi connectivity index (χ1n) is 5.57. The molecule has 0 spiro atoms. The van der Waals surface area contributed by atoms with Crippen molar-refractivity contribution in [3.05, 3.63) is 30.1 Å². The van der Waals surface area contributed by atoms with Gasteiger partial charge >= 0.3 is 0 Å². The van der Waals surface area contributed by atoms with Crippen molar-refractivity contribution >= 4 is 17.7 Å². The van der Waals surface area contributed by atoms with Gasteiger partial charge in [-0.1, -0.05) is 6.07 Å². The molecule has 0 radical (unpaired) electrons. The molecule has 0 aromatic carbocycles. The summed E-state index contributed by atoms with van der Waals surface area (Å²) in [6, 6.07) is 3.89. The van der Waals surface area contributed by atoms with Gasteiger partial charge in [-0.2, -0.15) is 0 Å². The minimum Gasteiger partial charge on any atom is -0.324 e. The first-order chi connectivity index (χ1) is 7.97.